The summed E-state index contributed by atoms with van der Waals surface area (Å²) in [5.41, 5.74) is 5.48. The minimum atomic E-state index is -0.625. The second-order valence-corrected chi connectivity index (χ2v) is 6.01. The number of carbonyl (C=O) groups is 1. The molecule has 1 aromatic heterocycles. The van der Waals surface area contributed by atoms with Crippen LogP contribution in [0.2, 0.25) is 0 Å². The van der Waals surface area contributed by atoms with Crippen LogP contribution in [0.25, 0.3) is 0 Å². The quantitative estimate of drug-likeness (QED) is 0.521. The first-order valence-electron chi connectivity index (χ1n) is 8.24. The van der Waals surface area contributed by atoms with Crippen molar-refractivity contribution in [1.29, 1.82) is 0 Å². The van der Waals surface area contributed by atoms with Crippen molar-refractivity contribution in [2.45, 2.75) is 39.5 Å². The van der Waals surface area contributed by atoms with Gasteiger partial charge in [-0.25, -0.2) is 4.79 Å². The lowest BCUT2D eigenvalue weighted by Crippen LogP contribution is -2.14. The number of aryl methyl sites for hydroxylation is 2. The Morgan fingerprint density at radius 2 is 2.04 bits per heavy atom. The predicted molar refractivity (Wildman–Crippen MR) is 92.9 cm³/mol. The number of fused-ring (bicyclic) bond motifs is 1. The van der Waals surface area contributed by atoms with E-state index in [1.54, 1.807) is 0 Å². The van der Waals surface area contributed by atoms with Gasteiger partial charge in [0.2, 0.25) is 0 Å². The van der Waals surface area contributed by atoms with Crippen LogP contribution >= 0.6 is 0 Å². The molecule has 130 valence electrons. The second-order valence-electron chi connectivity index (χ2n) is 6.01. The van der Waals surface area contributed by atoms with Crippen LogP contribution in [0, 0.1) is 17.0 Å². The maximum absolute atomic E-state index is 12.1. The van der Waals surface area contributed by atoms with Gasteiger partial charge in [-0.2, -0.15) is 0 Å². The summed E-state index contributed by atoms with van der Waals surface area (Å²) in [6.07, 6.45) is 3.55. The van der Waals surface area contributed by atoms with Crippen molar-refractivity contribution in [3.63, 3.8) is 0 Å². The highest BCUT2D eigenvalue weighted by atomic mass is 16.7. The van der Waals surface area contributed by atoms with Crippen molar-refractivity contribution in [2.75, 3.05) is 0 Å². The fraction of sp³-hybridized carbons (Fsp3) is 0.333. The van der Waals surface area contributed by atoms with Crippen LogP contribution in [0.4, 0.5) is 5.69 Å². The molecule has 1 aliphatic rings. The minimum Gasteiger partial charge on any atom is -0.362 e. The highest BCUT2D eigenvalue weighted by Crippen LogP contribution is 2.28. The Kier molecular flexibility index (Phi) is 4.65. The lowest BCUT2D eigenvalue weighted by Gasteiger charge is -2.14. The monoisotopic (exact) mass is 341 g/mol. The number of nitrogens with one attached hydrogen (secondary N) is 1. The van der Waals surface area contributed by atoms with Gasteiger partial charge in [-0.1, -0.05) is 12.1 Å². The zero-order chi connectivity index (χ0) is 18.0. The molecule has 0 amide bonds. The van der Waals surface area contributed by atoms with E-state index in [1.807, 2.05) is 6.92 Å². The number of benzene rings is 1. The first-order valence-corrected chi connectivity index (χ1v) is 8.24. The van der Waals surface area contributed by atoms with Crippen LogP contribution in [0.1, 0.15) is 52.6 Å². The number of carbonyl (C=O) groups excluding carboxylic acids is 1. The first-order chi connectivity index (χ1) is 12.0. The second kappa shape index (κ2) is 6.88. The molecule has 0 atom stereocenters. The maximum Gasteiger partial charge on any atom is 0.365 e. The van der Waals surface area contributed by atoms with Crippen molar-refractivity contribution in [3.8, 4) is 0 Å². The lowest BCUT2D eigenvalue weighted by molar-refractivity contribution is -0.384. The third-order valence-electron chi connectivity index (χ3n) is 4.43. The Balaban J connectivity index is 1.81. The number of H-pyrrole nitrogens is 1. The van der Waals surface area contributed by atoms with Crippen molar-refractivity contribution < 1.29 is 14.6 Å². The molecule has 0 bridgehead atoms. The van der Waals surface area contributed by atoms with Crippen LogP contribution in [0.5, 0.6) is 0 Å². The molecule has 1 aromatic carbocycles. The molecule has 1 N–H and O–H groups in total. The molecule has 1 heterocycles. The van der Waals surface area contributed by atoms with Gasteiger partial charge in [-0.05, 0) is 50.3 Å². The van der Waals surface area contributed by atoms with Gasteiger partial charge in [0.25, 0.3) is 5.69 Å². The number of aromatic nitrogens is 1. The number of hydrogen-bond acceptors (Lipinski definition) is 5. The number of nitro benzene ring substituents is 1. The van der Waals surface area contributed by atoms with Crippen LogP contribution in [-0.2, 0) is 17.7 Å². The van der Waals surface area contributed by atoms with E-state index in [1.165, 1.54) is 29.8 Å². The molecule has 0 saturated heterocycles. The van der Waals surface area contributed by atoms with Crippen molar-refractivity contribution >= 4 is 17.4 Å². The maximum atomic E-state index is 12.1. The van der Waals surface area contributed by atoms with Gasteiger partial charge in [-0.3, -0.25) is 10.1 Å². The highest BCUT2D eigenvalue weighted by Gasteiger charge is 2.23. The van der Waals surface area contributed by atoms with Gasteiger partial charge >= 0.3 is 5.97 Å². The number of hydrogen-bond donors (Lipinski definition) is 1. The summed E-state index contributed by atoms with van der Waals surface area (Å²) in [4.78, 5) is 30.8. The van der Waals surface area contributed by atoms with Crippen LogP contribution in [0.3, 0.4) is 0 Å². The molecule has 3 rings (SSSR count). The molecule has 0 saturated carbocycles. The smallest absolute Gasteiger partial charge is 0.362 e. The van der Waals surface area contributed by atoms with Gasteiger partial charge in [-0.15, -0.1) is 0 Å². The zero-order valence-corrected chi connectivity index (χ0v) is 14.2. The average molecular weight is 341 g/mol. The molecule has 7 heteroatoms. The predicted octanol–water partition coefficient (Wildman–Crippen LogP) is 3.69. The lowest BCUT2D eigenvalue weighted by atomic mass is 9.92. The SMILES string of the molecule is CCc1c(C)[nH]c2c1C(=NOC(=O)c1ccc([N+](=O)[O-])cc1)CCC2. The summed E-state index contributed by atoms with van der Waals surface area (Å²) in [7, 11) is 0. The molecule has 0 radical (unpaired) electrons. The summed E-state index contributed by atoms with van der Waals surface area (Å²) in [5.74, 6) is -0.625. The molecule has 0 spiro atoms. The van der Waals surface area contributed by atoms with Gasteiger partial charge in [0, 0.05) is 29.1 Å². The average Bonchev–Trinajstić information content (AvgIpc) is 2.95. The third kappa shape index (κ3) is 3.31. The van der Waals surface area contributed by atoms with E-state index in [-0.39, 0.29) is 11.3 Å². The molecule has 1 aliphatic carbocycles. The van der Waals surface area contributed by atoms with Crippen molar-refractivity contribution in [1.82, 2.24) is 4.98 Å². The van der Waals surface area contributed by atoms with Gasteiger partial charge < -0.3 is 9.82 Å². The Bertz CT molecular complexity index is 850. The number of rotatable bonds is 4. The summed E-state index contributed by atoms with van der Waals surface area (Å²) >= 11 is 0. The molecule has 25 heavy (non-hydrogen) atoms. The Labute approximate surface area is 144 Å². The largest absolute Gasteiger partial charge is 0.365 e. The number of aromatic amines is 1. The van der Waals surface area contributed by atoms with E-state index in [0.717, 1.165) is 48.3 Å². The van der Waals surface area contributed by atoms with Crippen LogP contribution in [-0.4, -0.2) is 21.6 Å². The summed E-state index contributed by atoms with van der Waals surface area (Å²) < 4.78 is 0. The Hall–Kier alpha value is -2.96. The van der Waals surface area contributed by atoms with Crippen molar-refractivity contribution in [2.24, 2.45) is 5.16 Å². The fourth-order valence-corrected chi connectivity index (χ4v) is 3.23. The number of non-ortho nitro benzene ring substituents is 1. The molecule has 0 aliphatic heterocycles. The highest BCUT2D eigenvalue weighted by molar-refractivity contribution is 6.04. The van der Waals surface area contributed by atoms with E-state index >= 15 is 0 Å². The van der Waals surface area contributed by atoms with Crippen LogP contribution < -0.4 is 0 Å². The van der Waals surface area contributed by atoms with Crippen molar-refractivity contribution in [3.05, 3.63) is 62.5 Å². The number of nitro groups is 1. The molecule has 7 nitrogen and oxygen atoms in total. The standard InChI is InChI=1S/C18H19N3O4/c1-3-14-11(2)19-15-5-4-6-16(17(14)15)20-25-18(22)12-7-9-13(10-8-12)21(23)24/h7-10,19H,3-6H2,1-2H3. The van der Waals surface area contributed by atoms with Gasteiger partial charge in [0.15, 0.2) is 0 Å². The van der Waals surface area contributed by atoms with Crippen LogP contribution in [0.15, 0.2) is 29.4 Å². The summed E-state index contributed by atoms with van der Waals surface area (Å²) in [6, 6.07) is 5.27. The molecule has 0 unspecified atom stereocenters. The summed E-state index contributed by atoms with van der Waals surface area (Å²) in [6.45, 7) is 4.13. The van der Waals surface area contributed by atoms with Gasteiger partial charge in [0.05, 0.1) is 16.2 Å². The van der Waals surface area contributed by atoms with E-state index in [9.17, 15) is 14.9 Å². The fourth-order valence-electron chi connectivity index (χ4n) is 3.23. The van der Waals surface area contributed by atoms with E-state index in [4.69, 9.17) is 4.84 Å². The molecule has 2 aromatic rings. The molecular formula is C18H19N3O4. The van der Waals surface area contributed by atoms with E-state index in [0.29, 0.717) is 0 Å². The van der Waals surface area contributed by atoms with E-state index in [2.05, 4.69) is 17.1 Å². The zero-order valence-electron chi connectivity index (χ0n) is 14.2. The molecular weight excluding hydrogens is 322 g/mol. The molecule has 0 fully saturated rings. The Morgan fingerprint density at radius 3 is 2.68 bits per heavy atom. The number of oxime groups is 1. The normalized spacial score (nSPS) is 15.0. The minimum absolute atomic E-state index is 0.0739. The first kappa shape index (κ1) is 16.9. The van der Waals surface area contributed by atoms with Gasteiger partial charge in [0.1, 0.15) is 0 Å². The number of nitrogens with zero attached hydrogens (tertiary/aromatic N) is 2. The topological polar surface area (TPSA) is 97.6 Å². The van der Waals surface area contributed by atoms with E-state index < -0.39 is 10.9 Å². The third-order valence-corrected chi connectivity index (χ3v) is 4.43. The Morgan fingerprint density at radius 1 is 1.32 bits per heavy atom. The summed E-state index contributed by atoms with van der Waals surface area (Å²) in [5, 5.41) is 14.8.